The van der Waals surface area contributed by atoms with Crippen molar-refractivity contribution >= 4 is 22.5 Å². The minimum Gasteiger partial charge on any atom is -0.365 e. The molecule has 5 aromatic rings. The van der Waals surface area contributed by atoms with Crippen LogP contribution in [-0.2, 0) is 6.42 Å². The van der Waals surface area contributed by atoms with Crippen LogP contribution in [0, 0.1) is 5.41 Å². The SMILES string of the molecule is C/C=C/C1NC(c2ccccn2)=CC(C2(C)C=Cc3c(c(-c4ccccc4)c4ccccc4c3-c3ccccc3)C2)N1. The molecule has 3 heteroatoms. The molecule has 2 heterocycles. The second-order valence-electron chi connectivity index (χ2n) is 11.5. The number of benzene rings is 4. The molecule has 3 unspecified atom stereocenters. The Labute approximate surface area is 248 Å². The van der Waals surface area contributed by atoms with Crippen LogP contribution in [0.5, 0.6) is 0 Å². The van der Waals surface area contributed by atoms with Crippen molar-refractivity contribution in [1.29, 1.82) is 0 Å². The van der Waals surface area contributed by atoms with Gasteiger partial charge in [-0.3, -0.25) is 10.3 Å². The van der Waals surface area contributed by atoms with Gasteiger partial charge in [-0.2, -0.15) is 0 Å². The highest BCUT2D eigenvalue weighted by Gasteiger charge is 2.39. The van der Waals surface area contributed by atoms with Crippen molar-refractivity contribution < 1.29 is 0 Å². The summed E-state index contributed by atoms with van der Waals surface area (Å²) in [7, 11) is 0. The van der Waals surface area contributed by atoms with Crippen LogP contribution in [0.1, 0.15) is 30.7 Å². The zero-order valence-corrected chi connectivity index (χ0v) is 24.1. The molecule has 2 aliphatic rings. The largest absolute Gasteiger partial charge is 0.365 e. The molecule has 0 fully saturated rings. The molecule has 42 heavy (non-hydrogen) atoms. The Balaban J connectivity index is 1.44. The predicted octanol–water partition coefficient (Wildman–Crippen LogP) is 8.65. The number of fused-ring (bicyclic) bond motifs is 2. The van der Waals surface area contributed by atoms with Crippen molar-refractivity contribution in [1.82, 2.24) is 15.6 Å². The number of pyridine rings is 1. The summed E-state index contributed by atoms with van der Waals surface area (Å²) in [4.78, 5) is 4.67. The van der Waals surface area contributed by atoms with E-state index in [0.29, 0.717) is 0 Å². The van der Waals surface area contributed by atoms with Gasteiger partial charge in [-0.05, 0) is 75.7 Å². The van der Waals surface area contributed by atoms with Gasteiger partial charge in [0, 0.05) is 17.7 Å². The number of allylic oxidation sites excluding steroid dienone is 1. The Hall–Kier alpha value is -4.73. The van der Waals surface area contributed by atoms with Gasteiger partial charge in [0.25, 0.3) is 0 Å². The van der Waals surface area contributed by atoms with E-state index in [1.165, 1.54) is 44.2 Å². The fourth-order valence-electron chi connectivity index (χ4n) is 6.68. The average molecular weight is 546 g/mol. The molecule has 1 aliphatic heterocycles. The van der Waals surface area contributed by atoms with Gasteiger partial charge >= 0.3 is 0 Å². The van der Waals surface area contributed by atoms with Gasteiger partial charge < -0.3 is 5.32 Å². The Kier molecular flexibility index (Phi) is 6.81. The van der Waals surface area contributed by atoms with E-state index in [4.69, 9.17) is 0 Å². The summed E-state index contributed by atoms with van der Waals surface area (Å²) in [5.41, 5.74) is 9.75. The number of nitrogens with one attached hydrogen (secondary N) is 2. The van der Waals surface area contributed by atoms with Crippen LogP contribution in [-0.4, -0.2) is 17.2 Å². The van der Waals surface area contributed by atoms with E-state index in [-0.39, 0.29) is 17.6 Å². The van der Waals surface area contributed by atoms with Gasteiger partial charge in [0.15, 0.2) is 0 Å². The lowest BCUT2D eigenvalue weighted by Crippen LogP contribution is -2.55. The van der Waals surface area contributed by atoms with Crippen LogP contribution in [0.3, 0.4) is 0 Å². The summed E-state index contributed by atoms with van der Waals surface area (Å²) >= 11 is 0. The first-order valence-corrected chi connectivity index (χ1v) is 14.8. The predicted molar refractivity (Wildman–Crippen MR) is 177 cm³/mol. The number of hydrogen-bond acceptors (Lipinski definition) is 3. The molecule has 2 N–H and O–H groups in total. The second-order valence-corrected chi connectivity index (χ2v) is 11.5. The average Bonchev–Trinajstić information content (AvgIpc) is 3.05. The van der Waals surface area contributed by atoms with Crippen molar-refractivity contribution in [2.75, 3.05) is 0 Å². The molecule has 0 spiro atoms. The van der Waals surface area contributed by atoms with E-state index >= 15 is 0 Å². The van der Waals surface area contributed by atoms with E-state index < -0.39 is 0 Å². The Bertz CT molecular complexity index is 1820. The fourth-order valence-corrected chi connectivity index (χ4v) is 6.68. The van der Waals surface area contributed by atoms with E-state index in [1.54, 1.807) is 0 Å². The Morgan fingerprint density at radius 2 is 1.43 bits per heavy atom. The molecular formula is C39H35N3. The molecule has 0 saturated carbocycles. The van der Waals surface area contributed by atoms with Gasteiger partial charge in [0.2, 0.25) is 0 Å². The van der Waals surface area contributed by atoms with Crippen molar-refractivity contribution in [2.45, 2.75) is 32.5 Å². The molecule has 0 radical (unpaired) electrons. The van der Waals surface area contributed by atoms with E-state index in [1.807, 2.05) is 18.3 Å². The molecule has 4 aromatic carbocycles. The molecule has 1 aromatic heterocycles. The first-order chi connectivity index (χ1) is 20.6. The minimum atomic E-state index is -0.172. The summed E-state index contributed by atoms with van der Waals surface area (Å²) in [6.45, 7) is 4.46. The van der Waals surface area contributed by atoms with Crippen molar-refractivity contribution in [3.63, 3.8) is 0 Å². The van der Waals surface area contributed by atoms with Crippen molar-refractivity contribution in [3.8, 4) is 22.3 Å². The van der Waals surface area contributed by atoms with Gasteiger partial charge in [0.05, 0.1) is 17.6 Å². The smallest absolute Gasteiger partial charge is 0.0966 e. The van der Waals surface area contributed by atoms with Gasteiger partial charge in [-0.25, -0.2) is 0 Å². The van der Waals surface area contributed by atoms with E-state index in [2.05, 4.69) is 151 Å². The highest BCUT2D eigenvalue weighted by molar-refractivity contribution is 6.10. The highest BCUT2D eigenvalue weighted by atomic mass is 15.2. The Morgan fingerprint density at radius 1 is 0.786 bits per heavy atom. The maximum Gasteiger partial charge on any atom is 0.0966 e. The molecule has 1 aliphatic carbocycles. The fraction of sp³-hybridized carbons (Fsp3) is 0.154. The highest BCUT2D eigenvalue weighted by Crippen LogP contribution is 2.48. The van der Waals surface area contributed by atoms with Crippen LogP contribution >= 0.6 is 0 Å². The number of hydrogen-bond donors (Lipinski definition) is 2. The number of nitrogens with zero attached hydrogens (tertiary/aromatic N) is 1. The van der Waals surface area contributed by atoms with Crippen molar-refractivity contribution in [3.05, 3.63) is 150 Å². The topological polar surface area (TPSA) is 37.0 Å². The lowest BCUT2D eigenvalue weighted by atomic mass is 9.68. The van der Waals surface area contributed by atoms with Gasteiger partial charge in [0.1, 0.15) is 0 Å². The van der Waals surface area contributed by atoms with Crippen LogP contribution in [0.15, 0.2) is 134 Å². The van der Waals surface area contributed by atoms with Crippen LogP contribution in [0.2, 0.25) is 0 Å². The molecule has 0 bridgehead atoms. The minimum absolute atomic E-state index is 0.0127. The van der Waals surface area contributed by atoms with Crippen LogP contribution in [0.4, 0.5) is 0 Å². The third kappa shape index (κ3) is 4.66. The lowest BCUT2D eigenvalue weighted by Gasteiger charge is -2.43. The monoisotopic (exact) mass is 545 g/mol. The lowest BCUT2D eigenvalue weighted by molar-refractivity contribution is 0.295. The van der Waals surface area contributed by atoms with E-state index in [0.717, 1.165) is 17.8 Å². The van der Waals surface area contributed by atoms with E-state index in [9.17, 15) is 0 Å². The zero-order valence-electron chi connectivity index (χ0n) is 24.1. The summed E-state index contributed by atoms with van der Waals surface area (Å²) in [6, 6.07) is 36.9. The maximum atomic E-state index is 4.67. The van der Waals surface area contributed by atoms with Crippen molar-refractivity contribution in [2.24, 2.45) is 5.41 Å². The third-order valence-corrected chi connectivity index (χ3v) is 8.71. The molecule has 0 amide bonds. The standard InChI is InChI=1S/C39H35N3/c1-3-14-36-41-34(33-21-12-13-24-40-33)25-35(42-36)39(2)23-22-31-32(26-39)38(28-17-8-5-9-18-28)30-20-11-10-19-29(30)37(31)27-15-6-4-7-16-27/h3-25,35-36,41-42H,26H2,1-2H3/b14-3+. The molecule has 3 atom stereocenters. The third-order valence-electron chi connectivity index (χ3n) is 8.71. The first kappa shape index (κ1) is 26.2. The number of rotatable bonds is 5. The molecule has 206 valence electrons. The second kappa shape index (κ2) is 10.9. The summed E-state index contributed by atoms with van der Waals surface area (Å²) in [5.74, 6) is 0. The molecule has 0 saturated heterocycles. The maximum absolute atomic E-state index is 4.67. The quantitative estimate of drug-likeness (QED) is 0.217. The summed E-state index contributed by atoms with van der Waals surface area (Å²) < 4.78 is 0. The van der Waals surface area contributed by atoms with Gasteiger partial charge in [-0.15, -0.1) is 0 Å². The van der Waals surface area contributed by atoms with Crippen LogP contribution in [0.25, 0.3) is 44.8 Å². The Morgan fingerprint density at radius 3 is 2.10 bits per heavy atom. The first-order valence-electron chi connectivity index (χ1n) is 14.8. The normalized spacial score (nSPS) is 21.6. The molecular weight excluding hydrogens is 510 g/mol. The summed E-state index contributed by atoms with van der Waals surface area (Å²) in [5, 5.41) is 10.1. The van der Waals surface area contributed by atoms with Crippen LogP contribution < -0.4 is 10.6 Å². The van der Waals surface area contributed by atoms with Gasteiger partial charge in [-0.1, -0.05) is 122 Å². The zero-order chi connectivity index (χ0) is 28.5. The molecule has 3 nitrogen and oxygen atoms in total. The number of aromatic nitrogens is 1. The summed E-state index contributed by atoms with van der Waals surface area (Å²) in [6.07, 6.45) is 14.2. The molecule has 7 rings (SSSR count).